The highest BCUT2D eigenvalue weighted by atomic mass is 79.9. The van der Waals surface area contributed by atoms with Gasteiger partial charge in [-0.05, 0) is 76.9 Å². The summed E-state index contributed by atoms with van der Waals surface area (Å²) in [6.07, 6.45) is 1.61. The van der Waals surface area contributed by atoms with Gasteiger partial charge in [0.2, 0.25) is 0 Å². The van der Waals surface area contributed by atoms with Crippen LogP contribution in [0.15, 0.2) is 45.8 Å². The van der Waals surface area contributed by atoms with E-state index < -0.39 is 5.91 Å². The van der Waals surface area contributed by atoms with E-state index in [1.54, 1.807) is 49.6 Å². The number of methoxy groups -OCH3 is 1. The molecule has 30 heavy (non-hydrogen) atoms. The number of hydrogen-bond donors (Lipinski definition) is 0. The maximum Gasteiger partial charge on any atom is 0.293 e. The van der Waals surface area contributed by atoms with Crippen LogP contribution in [0.3, 0.4) is 0 Å². The van der Waals surface area contributed by atoms with E-state index in [9.17, 15) is 14.9 Å². The Morgan fingerprint density at radius 3 is 2.67 bits per heavy atom. The third kappa shape index (κ3) is 4.69. The largest absolute Gasteiger partial charge is 0.493 e. The lowest BCUT2D eigenvalue weighted by Gasteiger charge is -2.16. The first-order valence-corrected chi connectivity index (χ1v) is 10.7. The number of carbonyl (C=O) groups is 2. The van der Waals surface area contributed by atoms with E-state index in [1.165, 1.54) is 0 Å². The van der Waals surface area contributed by atoms with Gasteiger partial charge >= 0.3 is 0 Å². The maximum atomic E-state index is 12.8. The van der Waals surface area contributed by atoms with Crippen LogP contribution in [0.1, 0.15) is 30.5 Å². The zero-order chi connectivity index (χ0) is 21.8. The molecule has 0 N–H and O–H groups in total. The maximum absolute atomic E-state index is 12.8. The smallest absolute Gasteiger partial charge is 0.293 e. The summed E-state index contributed by atoms with van der Waals surface area (Å²) in [6.45, 7) is 3.89. The summed E-state index contributed by atoms with van der Waals surface area (Å²) in [5.41, 5.74) is 1.76. The standard InChI is InChI=1S/C22H19BrN2O4S/c1-13(2)29-20-17(23)8-14(9-18(20)28-3)10-19-21(26)25(22(27)30-19)12-16-7-5-4-6-15(16)11-24/h4-10,13H,12H2,1-3H3/b19-10+. The molecule has 2 aromatic carbocycles. The Labute approximate surface area is 187 Å². The van der Waals surface area contributed by atoms with Crippen LogP contribution in [0, 0.1) is 11.3 Å². The van der Waals surface area contributed by atoms with Gasteiger partial charge in [0.25, 0.3) is 11.1 Å². The fourth-order valence-electron chi connectivity index (χ4n) is 2.90. The molecule has 0 bridgehead atoms. The molecule has 2 aromatic rings. The quantitative estimate of drug-likeness (QED) is 0.511. The lowest BCUT2D eigenvalue weighted by molar-refractivity contribution is -0.123. The first-order valence-electron chi connectivity index (χ1n) is 9.11. The second-order valence-electron chi connectivity index (χ2n) is 6.74. The molecule has 0 aliphatic carbocycles. The van der Waals surface area contributed by atoms with Gasteiger partial charge in [0, 0.05) is 0 Å². The van der Waals surface area contributed by atoms with E-state index >= 15 is 0 Å². The number of carbonyl (C=O) groups excluding carboxylic acids is 2. The number of benzene rings is 2. The predicted octanol–water partition coefficient (Wildman–Crippen LogP) is 5.35. The van der Waals surface area contributed by atoms with Crippen LogP contribution in [0.4, 0.5) is 4.79 Å². The van der Waals surface area contributed by atoms with E-state index in [-0.39, 0.29) is 17.9 Å². The van der Waals surface area contributed by atoms with Crippen molar-refractivity contribution in [3.8, 4) is 17.6 Å². The number of hydrogen-bond acceptors (Lipinski definition) is 6. The van der Waals surface area contributed by atoms with Crippen LogP contribution in [-0.4, -0.2) is 29.3 Å². The topological polar surface area (TPSA) is 79.6 Å². The van der Waals surface area contributed by atoms with E-state index in [0.717, 1.165) is 16.7 Å². The molecule has 0 spiro atoms. The molecule has 6 nitrogen and oxygen atoms in total. The fourth-order valence-corrected chi connectivity index (χ4v) is 4.29. The highest BCUT2D eigenvalue weighted by Gasteiger charge is 2.35. The lowest BCUT2D eigenvalue weighted by atomic mass is 10.1. The third-order valence-corrected chi connectivity index (χ3v) is 5.74. The van der Waals surface area contributed by atoms with Gasteiger partial charge in [-0.15, -0.1) is 0 Å². The van der Waals surface area contributed by atoms with Crippen LogP contribution in [0.5, 0.6) is 11.5 Å². The molecule has 1 saturated heterocycles. The second kappa shape index (κ2) is 9.37. The van der Waals surface area contributed by atoms with Gasteiger partial charge in [-0.2, -0.15) is 5.26 Å². The molecule has 1 heterocycles. The number of rotatable bonds is 6. The van der Waals surface area contributed by atoms with E-state index in [4.69, 9.17) is 9.47 Å². The normalized spacial score (nSPS) is 15.1. The molecular weight excluding hydrogens is 468 g/mol. The highest BCUT2D eigenvalue weighted by Crippen LogP contribution is 2.39. The zero-order valence-electron chi connectivity index (χ0n) is 16.6. The number of imide groups is 1. The van der Waals surface area contributed by atoms with Gasteiger partial charge in [-0.25, -0.2) is 0 Å². The Balaban J connectivity index is 1.88. The first-order chi connectivity index (χ1) is 14.3. The summed E-state index contributed by atoms with van der Waals surface area (Å²) >= 11 is 4.35. The lowest BCUT2D eigenvalue weighted by Crippen LogP contribution is -2.27. The van der Waals surface area contributed by atoms with Gasteiger partial charge < -0.3 is 9.47 Å². The van der Waals surface area contributed by atoms with Crippen molar-refractivity contribution in [2.45, 2.75) is 26.5 Å². The molecule has 0 aromatic heterocycles. The number of thioether (sulfide) groups is 1. The van der Waals surface area contributed by atoms with Crippen molar-refractivity contribution in [2.24, 2.45) is 0 Å². The molecule has 1 fully saturated rings. The average molecular weight is 487 g/mol. The molecule has 0 unspecified atom stereocenters. The molecule has 2 amide bonds. The highest BCUT2D eigenvalue weighted by molar-refractivity contribution is 9.10. The second-order valence-corrected chi connectivity index (χ2v) is 8.59. The minimum atomic E-state index is -0.393. The van der Waals surface area contributed by atoms with Gasteiger partial charge in [0.15, 0.2) is 11.5 Å². The van der Waals surface area contributed by atoms with E-state index in [1.807, 2.05) is 13.8 Å². The SMILES string of the molecule is COc1cc(/C=C2/SC(=O)N(Cc3ccccc3C#N)C2=O)cc(Br)c1OC(C)C. The first kappa shape index (κ1) is 21.9. The van der Waals surface area contributed by atoms with Crippen molar-refractivity contribution in [1.29, 1.82) is 5.26 Å². The van der Waals surface area contributed by atoms with Crippen molar-refractivity contribution in [2.75, 3.05) is 7.11 Å². The molecule has 1 aliphatic heterocycles. The predicted molar refractivity (Wildman–Crippen MR) is 119 cm³/mol. The Morgan fingerprint density at radius 1 is 1.27 bits per heavy atom. The van der Waals surface area contributed by atoms with Gasteiger partial charge in [0.05, 0.1) is 40.8 Å². The van der Waals surface area contributed by atoms with Gasteiger partial charge in [0.1, 0.15) is 0 Å². The van der Waals surface area contributed by atoms with E-state index in [0.29, 0.717) is 37.6 Å². The molecule has 0 radical (unpaired) electrons. The Morgan fingerprint density at radius 2 is 2.00 bits per heavy atom. The molecule has 0 saturated carbocycles. The van der Waals surface area contributed by atoms with Crippen molar-refractivity contribution < 1.29 is 19.1 Å². The van der Waals surface area contributed by atoms with Crippen LogP contribution in [0.25, 0.3) is 6.08 Å². The third-order valence-electron chi connectivity index (χ3n) is 4.24. The van der Waals surface area contributed by atoms with Crippen LogP contribution in [0.2, 0.25) is 0 Å². The number of amides is 2. The summed E-state index contributed by atoms with van der Waals surface area (Å²) < 4.78 is 11.9. The molecule has 154 valence electrons. The number of ether oxygens (including phenoxy) is 2. The summed E-state index contributed by atoms with van der Waals surface area (Å²) in [5.74, 6) is 0.702. The van der Waals surface area contributed by atoms with Gasteiger partial charge in [-0.1, -0.05) is 18.2 Å². The van der Waals surface area contributed by atoms with E-state index in [2.05, 4.69) is 22.0 Å². The summed E-state index contributed by atoms with van der Waals surface area (Å²) in [5, 5.41) is 8.87. The Kier molecular flexibility index (Phi) is 6.85. The molecule has 0 atom stereocenters. The van der Waals surface area contributed by atoms with Crippen molar-refractivity contribution in [3.05, 3.63) is 62.5 Å². The van der Waals surface area contributed by atoms with Crippen molar-refractivity contribution >= 4 is 44.9 Å². The minimum Gasteiger partial charge on any atom is -0.493 e. The summed E-state index contributed by atoms with van der Waals surface area (Å²) in [7, 11) is 1.54. The van der Waals surface area contributed by atoms with Crippen LogP contribution in [-0.2, 0) is 11.3 Å². The number of nitrogens with zero attached hydrogens (tertiary/aromatic N) is 2. The molecular formula is C22H19BrN2O4S. The Hall–Kier alpha value is -2.76. The molecule has 8 heteroatoms. The average Bonchev–Trinajstić information content (AvgIpc) is 2.97. The monoisotopic (exact) mass is 486 g/mol. The minimum absolute atomic E-state index is 0.0335. The fraction of sp³-hybridized carbons (Fsp3) is 0.227. The van der Waals surface area contributed by atoms with Gasteiger partial charge in [-0.3, -0.25) is 14.5 Å². The summed E-state index contributed by atoms with van der Waals surface area (Å²) in [6, 6.07) is 12.6. The summed E-state index contributed by atoms with van der Waals surface area (Å²) in [4.78, 5) is 26.7. The van der Waals surface area contributed by atoms with Crippen molar-refractivity contribution in [1.82, 2.24) is 4.90 Å². The molecule has 3 rings (SSSR count). The number of halogens is 1. The van der Waals surface area contributed by atoms with Crippen LogP contribution >= 0.6 is 27.7 Å². The molecule has 1 aliphatic rings. The van der Waals surface area contributed by atoms with Crippen molar-refractivity contribution in [3.63, 3.8) is 0 Å². The Bertz CT molecular complexity index is 1080. The zero-order valence-corrected chi connectivity index (χ0v) is 19.0. The number of nitriles is 1. The van der Waals surface area contributed by atoms with Crippen LogP contribution < -0.4 is 9.47 Å².